The van der Waals surface area contributed by atoms with E-state index in [-0.39, 0.29) is 31.6 Å². The van der Waals surface area contributed by atoms with E-state index in [1.165, 1.54) is 0 Å². The van der Waals surface area contributed by atoms with E-state index < -0.39 is 32.5 Å². The van der Waals surface area contributed by atoms with Crippen LogP contribution < -0.4 is 5.73 Å². The fraction of sp³-hybridized carbons (Fsp3) is 0.600. The molecule has 1 saturated heterocycles. The molecule has 1 aliphatic rings. The zero-order chi connectivity index (χ0) is 18.7. The SMILES string of the molecule is Cl.NCCCOC1CCN(S(=O)(=O)c2ccc(F)c(C(F)(F)F)c2)CC1. The summed E-state index contributed by atoms with van der Waals surface area (Å²) in [7, 11) is -4.12. The molecule has 0 aliphatic carbocycles. The lowest BCUT2D eigenvalue weighted by Crippen LogP contribution is -2.41. The van der Waals surface area contributed by atoms with Gasteiger partial charge < -0.3 is 10.5 Å². The number of rotatable bonds is 6. The highest BCUT2D eigenvalue weighted by Crippen LogP contribution is 2.33. The minimum atomic E-state index is -4.96. The molecule has 0 unspecified atom stereocenters. The Kier molecular flexibility index (Phi) is 8.28. The summed E-state index contributed by atoms with van der Waals surface area (Å²) in [6.45, 7) is 1.25. The van der Waals surface area contributed by atoms with Crippen molar-refractivity contribution in [3.05, 3.63) is 29.6 Å². The number of benzene rings is 1. The summed E-state index contributed by atoms with van der Waals surface area (Å²) in [5.41, 5.74) is 3.78. The van der Waals surface area contributed by atoms with E-state index in [9.17, 15) is 26.0 Å². The molecule has 11 heteroatoms. The summed E-state index contributed by atoms with van der Waals surface area (Å²) in [5, 5.41) is 0. The number of piperidine rings is 1. The molecular weight excluding hydrogens is 400 g/mol. The van der Waals surface area contributed by atoms with Crippen LogP contribution in [0.5, 0.6) is 0 Å². The van der Waals surface area contributed by atoms with Crippen LogP contribution in [0.2, 0.25) is 0 Å². The molecule has 0 aromatic heterocycles. The molecule has 1 aliphatic heterocycles. The Bertz CT molecular complexity index is 693. The zero-order valence-electron chi connectivity index (χ0n) is 13.8. The lowest BCUT2D eigenvalue weighted by atomic mass is 10.1. The molecule has 26 heavy (non-hydrogen) atoms. The molecule has 0 saturated carbocycles. The maximum atomic E-state index is 13.3. The first kappa shape index (κ1) is 23.1. The molecule has 0 amide bonds. The Morgan fingerprint density at radius 2 is 1.85 bits per heavy atom. The van der Waals surface area contributed by atoms with E-state index in [1.54, 1.807) is 0 Å². The van der Waals surface area contributed by atoms with Crippen LogP contribution in [-0.4, -0.2) is 45.1 Å². The van der Waals surface area contributed by atoms with E-state index in [2.05, 4.69) is 0 Å². The van der Waals surface area contributed by atoms with Gasteiger partial charge in [-0.15, -0.1) is 12.4 Å². The van der Waals surface area contributed by atoms with Gasteiger partial charge in [-0.3, -0.25) is 0 Å². The van der Waals surface area contributed by atoms with Crippen LogP contribution in [0.25, 0.3) is 0 Å². The smallest absolute Gasteiger partial charge is 0.378 e. The quantitative estimate of drug-likeness (QED) is 0.567. The van der Waals surface area contributed by atoms with Crippen LogP contribution in [0.15, 0.2) is 23.1 Å². The molecule has 5 nitrogen and oxygen atoms in total. The van der Waals surface area contributed by atoms with Crippen molar-refractivity contribution in [1.29, 1.82) is 0 Å². The van der Waals surface area contributed by atoms with Crippen LogP contribution in [0.3, 0.4) is 0 Å². The normalized spacial score (nSPS) is 17.1. The molecule has 150 valence electrons. The Labute approximate surface area is 155 Å². The Morgan fingerprint density at radius 1 is 1.23 bits per heavy atom. The van der Waals surface area contributed by atoms with Crippen LogP contribution in [0.4, 0.5) is 17.6 Å². The highest BCUT2D eigenvalue weighted by molar-refractivity contribution is 7.89. The molecule has 0 bridgehead atoms. The van der Waals surface area contributed by atoms with E-state index in [1.807, 2.05) is 0 Å². The van der Waals surface area contributed by atoms with E-state index in [0.717, 1.165) is 10.4 Å². The second-order valence-corrected chi connectivity index (χ2v) is 7.69. The molecule has 1 aromatic rings. The van der Waals surface area contributed by atoms with Gasteiger partial charge in [0.1, 0.15) is 5.82 Å². The number of ether oxygens (including phenoxy) is 1. The number of hydrogen-bond acceptors (Lipinski definition) is 4. The van der Waals surface area contributed by atoms with E-state index in [0.29, 0.717) is 44.5 Å². The first-order valence-electron chi connectivity index (χ1n) is 7.85. The number of nitrogens with two attached hydrogens (primary N) is 1. The van der Waals surface area contributed by atoms with Crippen LogP contribution in [0.1, 0.15) is 24.8 Å². The summed E-state index contributed by atoms with van der Waals surface area (Å²) in [6, 6.07) is 1.72. The first-order chi connectivity index (χ1) is 11.7. The highest BCUT2D eigenvalue weighted by atomic mass is 35.5. The molecular formula is C15H21ClF4N2O3S. The fourth-order valence-electron chi connectivity index (χ4n) is 2.60. The number of alkyl halides is 3. The minimum Gasteiger partial charge on any atom is -0.378 e. The van der Waals surface area contributed by atoms with Gasteiger partial charge >= 0.3 is 6.18 Å². The average Bonchev–Trinajstić information content (AvgIpc) is 2.55. The molecule has 0 radical (unpaired) electrons. The van der Waals surface area contributed by atoms with Crippen LogP contribution >= 0.6 is 12.4 Å². The largest absolute Gasteiger partial charge is 0.419 e. The van der Waals surface area contributed by atoms with Gasteiger partial charge in [-0.25, -0.2) is 12.8 Å². The van der Waals surface area contributed by atoms with Gasteiger partial charge in [0, 0.05) is 19.7 Å². The summed E-state index contributed by atoms with van der Waals surface area (Å²) in [6.07, 6.45) is -3.47. The maximum absolute atomic E-state index is 13.3. The second kappa shape index (κ2) is 9.32. The topological polar surface area (TPSA) is 72.6 Å². The summed E-state index contributed by atoms with van der Waals surface area (Å²) < 4.78 is 83.4. The summed E-state index contributed by atoms with van der Waals surface area (Å²) >= 11 is 0. The molecule has 1 fully saturated rings. The van der Waals surface area contributed by atoms with Gasteiger partial charge in [0.25, 0.3) is 0 Å². The van der Waals surface area contributed by atoms with Crippen molar-refractivity contribution in [2.75, 3.05) is 26.2 Å². The highest BCUT2D eigenvalue weighted by Gasteiger charge is 2.37. The van der Waals surface area contributed by atoms with Crippen molar-refractivity contribution in [2.45, 2.75) is 36.4 Å². The third-order valence-electron chi connectivity index (χ3n) is 3.98. The van der Waals surface area contributed by atoms with Gasteiger partial charge in [-0.1, -0.05) is 0 Å². The lowest BCUT2D eigenvalue weighted by molar-refractivity contribution is -0.140. The number of nitrogens with zero attached hydrogens (tertiary/aromatic N) is 1. The first-order valence-corrected chi connectivity index (χ1v) is 9.29. The number of hydrogen-bond donors (Lipinski definition) is 1. The fourth-order valence-corrected chi connectivity index (χ4v) is 4.10. The summed E-state index contributed by atoms with van der Waals surface area (Å²) in [5.74, 6) is -1.50. The minimum absolute atomic E-state index is 0. The van der Waals surface area contributed by atoms with Crippen molar-refractivity contribution >= 4 is 22.4 Å². The molecule has 0 atom stereocenters. The predicted molar refractivity (Wildman–Crippen MR) is 90.1 cm³/mol. The van der Waals surface area contributed by atoms with Crippen molar-refractivity contribution in [3.63, 3.8) is 0 Å². The summed E-state index contributed by atoms with van der Waals surface area (Å²) in [4.78, 5) is -0.566. The lowest BCUT2D eigenvalue weighted by Gasteiger charge is -2.31. The van der Waals surface area contributed by atoms with Gasteiger partial charge in [0.2, 0.25) is 10.0 Å². The van der Waals surface area contributed by atoms with Crippen molar-refractivity contribution in [1.82, 2.24) is 4.31 Å². The molecule has 0 spiro atoms. The predicted octanol–water partition coefficient (Wildman–Crippen LogP) is 2.78. The third-order valence-corrected chi connectivity index (χ3v) is 5.88. The third kappa shape index (κ3) is 5.53. The number of halogens is 5. The standard InChI is InChI=1S/C15H20F4N2O3S.ClH/c16-14-3-2-12(10-13(14)15(17,18)19)25(22,23)21-7-4-11(5-8-21)24-9-1-6-20;/h2-3,10-11H,1,4-9,20H2;1H. The van der Waals surface area contributed by atoms with Gasteiger partial charge in [-0.05, 0) is 44.0 Å². The van der Waals surface area contributed by atoms with Crippen LogP contribution in [0, 0.1) is 5.82 Å². The van der Waals surface area contributed by atoms with Gasteiger partial charge in [-0.2, -0.15) is 17.5 Å². The monoisotopic (exact) mass is 420 g/mol. The molecule has 2 N–H and O–H groups in total. The average molecular weight is 421 g/mol. The Morgan fingerprint density at radius 3 is 2.38 bits per heavy atom. The zero-order valence-corrected chi connectivity index (χ0v) is 15.5. The van der Waals surface area contributed by atoms with Crippen molar-refractivity contribution in [3.8, 4) is 0 Å². The molecule has 2 rings (SSSR count). The van der Waals surface area contributed by atoms with E-state index >= 15 is 0 Å². The molecule has 1 aromatic carbocycles. The van der Waals surface area contributed by atoms with Crippen LogP contribution in [-0.2, 0) is 20.9 Å². The molecule has 1 heterocycles. The Hall–Kier alpha value is -0.940. The van der Waals surface area contributed by atoms with Crippen molar-refractivity contribution < 1.29 is 30.7 Å². The maximum Gasteiger partial charge on any atom is 0.419 e. The van der Waals surface area contributed by atoms with Gasteiger partial charge in [0.15, 0.2) is 0 Å². The Balaban J connectivity index is 0.00000338. The van der Waals surface area contributed by atoms with Gasteiger partial charge in [0.05, 0.1) is 16.6 Å². The second-order valence-electron chi connectivity index (χ2n) is 5.76. The van der Waals surface area contributed by atoms with Crippen molar-refractivity contribution in [2.24, 2.45) is 5.73 Å². The number of sulfonamides is 1. The van der Waals surface area contributed by atoms with E-state index in [4.69, 9.17) is 10.5 Å².